The Morgan fingerprint density at radius 3 is 2.55 bits per heavy atom. The standard InChI is InChI=1S/C24H27N3O2/c1-2-19-7-3-4-11-22(19)29-18-23(28)27-15-13-26(14-16-27)17-21-9-5-8-20-10-6-12-25-24(20)21/h3-12H,2,13-18H2,1H3. The van der Waals surface area contributed by atoms with Crippen molar-refractivity contribution in [3.63, 3.8) is 0 Å². The lowest BCUT2D eigenvalue weighted by Gasteiger charge is -2.34. The van der Waals surface area contributed by atoms with Crippen LogP contribution in [0.4, 0.5) is 0 Å². The van der Waals surface area contributed by atoms with Crippen molar-refractivity contribution in [2.75, 3.05) is 32.8 Å². The van der Waals surface area contributed by atoms with Gasteiger partial charge in [0.2, 0.25) is 0 Å². The number of hydrogen-bond donors (Lipinski definition) is 0. The Hall–Kier alpha value is -2.92. The summed E-state index contributed by atoms with van der Waals surface area (Å²) in [5.41, 5.74) is 3.44. The molecule has 5 nitrogen and oxygen atoms in total. The number of aryl methyl sites for hydroxylation is 1. The Morgan fingerprint density at radius 2 is 1.72 bits per heavy atom. The lowest BCUT2D eigenvalue weighted by atomic mass is 10.1. The van der Waals surface area contributed by atoms with E-state index in [4.69, 9.17) is 4.74 Å². The minimum Gasteiger partial charge on any atom is -0.483 e. The van der Waals surface area contributed by atoms with Crippen molar-refractivity contribution in [3.8, 4) is 5.75 Å². The number of hydrogen-bond acceptors (Lipinski definition) is 4. The summed E-state index contributed by atoms with van der Waals surface area (Å²) in [5, 5.41) is 1.17. The molecule has 0 saturated carbocycles. The Bertz CT molecular complexity index is 975. The average molecular weight is 389 g/mol. The zero-order valence-corrected chi connectivity index (χ0v) is 16.9. The number of fused-ring (bicyclic) bond motifs is 1. The first-order chi connectivity index (χ1) is 14.2. The SMILES string of the molecule is CCc1ccccc1OCC(=O)N1CCN(Cc2cccc3cccnc23)CC1. The Morgan fingerprint density at radius 1 is 0.966 bits per heavy atom. The monoisotopic (exact) mass is 389 g/mol. The van der Waals surface area contributed by atoms with Crippen molar-refractivity contribution < 1.29 is 9.53 Å². The summed E-state index contributed by atoms with van der Waals surface area (Å²) in [6.45, 7) is 6.24. The van der Waals surface area contributed by atoms with E-state index in [0.29, 0.717) is 0 Å². The molecule has 5 heteroatoms. The average Bonchev–Trinajstić information content (AvgIpc) is 2.78. The van der Waals surface area contributed by atoms with E-state index in [1.165, 1.54) is 10.9 Å². The Kier molecular flexibility index (Phi) is 6.06. The van der Waals surface area contributed by atoms with Gasteiger partial charge in [0.15, 0.2) is 6.61 Å². The van der Waals surface area contributed by atoms with E-state index in [9.17, 15) is 4.79 Å². The van der Waals surface area contributed by atoms with Crippen LogP contribution in [0.5, 0.6) is 5.75 Å². The van der Waals surface area contributed by atoms with Crippen LogP contribution >= 0.6 is 0 Å². The molecule has 1 aliphatic rings. The summed E-state index contributed by atoms with van der Waals surface area (Å²) in [4.78, 5) is 21.4. The van der Waals surface area contributed by atoms with Crippen LogP contribution in [0.25, 0.3) is 10.9 Å². The highest BCUT2D eigenvalue weighted by Gasteiger charge is 2.22. The van der Waals surface area contributed by atoms with Gasteiger partial charge in [0.1, 0.15) is 5.75 Å². The molecule has 0 unspecified atom stereocenters. The molecule has 0 radical (unpaired) electrons. The van der Waals surface area contributed by atoms with Gasteiger partial charge in [-0.25, -0.2) is 0 Å². The van der Waals surface area contributed by atoms with Crippen molar-refractivity contribution in [1.82, 2.24) is 14.8 Å². The van der Waals surface area contributed by atoms with Gasteiger partial charge in [0, 0.05) is 44.3 Å². The summed E-state index contributed by atoms with van der Waals surface area (Å²) in [7, 11) is 0. The third-order valence-corrected chi connectivity index (χ3v) is 5.54. The van der Waals surface area contributed by atoms with Crippen LogP contribution in [0.2, 0.25) is 0 Å². The number of rotatable bonds is 6. The zero-order valence-electron chi connectivity index (χ0n) is 16.9. The molecular weight excluding hydrogens is 362 g/mol. The molecule has 0 N–H and O–H groups in total. The molecular formula is C24H27N3O2. The smallest absolute Gasteiger partial charge is 0.260 e. The molecule has 150 valence electrons. The van der Waals surface area contributed by atoms with Gasteiger partial charge < -0.3 is 9.64 Å². The Labute approximate surface area is 171 Å². The van der Waals surface area contributed by atoms with Gasteiger partial charge in [0.25, 0.3) is 5.91 Å². The number of amides is 1. The first-order valence-corrected chi connectivity index (χ1v) is 10.3. The molecule has 0 spiro atoms. The topological polar surface area (TPSA) is 45.7 Å². The second-order valence-electron chi connectivity index (χ2n) is 7.40. The summed E-state index contributed by atoms with van der Waals surface area (Å²) in [6, 6.07) is 18.3. The lowest BCUT2D eigenvalue weighted by Crippen LogP contribution is -2.49. The van der Waals surface area contributed by atoms with E-state index < -0.39 is 0 Å². The van der Waals surface area contributed by atoms with Crippen molar-refractivity contribution in [2.45, 2.75) is 19.9 Å². The third kappa shape index (κ3) is 4.57. The first kappa shape index (κ1) is 19.4. The summed E-state index contributed by atoms with van der Waals surface area (Å²) in [5.74, 6) is 0.868. The van der Waals surface area contributed by atoms with Crippen molar-refractivity contribution in [3.05, 3.63) is 71.9 Å². The van der Waals surface area contributed by atoms with E-state index >= 15 is 0 Å². The summed E-state index contributed by atoms with van der Waals surface area (Å²) < 4.78 is 5.80. The van der Waals surface area contributed by atoms with Gasteiger partial charge in [-0.15, -0.1) is 0 Å². The number of aromatic nitrogens is 1. The maximum Gasteiger partial charge on any atom is 0.260 e. The molecule has 1 amide bonds. The molecule has 0 bridgehead atoms. The highest BCUT2D eigenvalue weighted by Crippen LogP contribution is 2.20. The third-order valence-electron chi connectivity index (χ3n) is 5.54. The van der Waals surface area contributed by atoms with Crippen LogP contribution in [0.15, 0.2) is 60.8 Å². The minimum absolute atomic E-state index is 0.0578. The van der Waals surface area contributed by atoms with Gasteiger partial charge in [-0.2, -0.15) is 0 Å². The second-order valence-corrected chi connectivity index (χ2v) is 7.40. The van der Waals surface area contributed by atoms with E-state index in [1.807, 2.05) is 41.4 Å². The molecule has 29 heavy (non-hydrogen) atoms. The largest absolute Gasteiger partial charge is 0.483 e. The molecule has 1 aliphatic heterocycles. The van der Waals surface area contributed by atoms with Gasteiger partial charge in [-0.3, -0.25) is 14.7 Å². The maximum atomic E-state index is 12.6. The van der Waals surface area contributed by atoms with Crippen LogP contribution in [0.1, 0.15) is 18.1 Å². The number of ether oxygens (including phenoxy) is 1. The van der Waals surface area contributed by atoms with Crippen LogP contribution < -0.4 is 4.74 Å². The van der Waals surface area contributed by atoms with Crippen molar-refractivity contribution >= 4 is 16.8 Å². The fourth-order valence-electron chi connectivity index (χ4n) is 3.86. The highest BCUT2D eigenvalue weighted by molar-refractivity contribution is 5.81. The Balaban J connectivity index is 1.30. The molecule has 3 aromatic rings. The number of nitrogens with zero attached hydrogens (tertiary/aromatic N) is 3. The number of carbonyl (C=O) groups excluding carboxylic acids is 1. The second kappa shape index (κ2) is 9.05. The predicted molar refractivity (Wildman–Crippen MR) is 115 cm³/mol. The van der Waals surface area contributed by atoms with Gasteiger partial charge in [0.05, 0.1) is 5.52 Å². The number of piperazine rings is 1. The number of benzene rings is 2. The molecule has 0 aliphatic carbocycles. The van der Waals surface area contributed by atoms with E-state index in [0.717, 1.165) is 56.0 Å². The summed E-state index contributed by atoms with van der Waals surface area (Å²) >= 11 is 0. The molecule has 1 saturated heterocycles. The normalized spacial score (nSPS) is 14.9. The van der Waals surface area contributed by atoms with Crippen molar-refractivity contribution in [2.24, 2.45) is 0 Å². The van der Waals surface area contributed by atoms with E-state index in [1.54, 1.807) is 0 Å². The predicted octanol–water partition coefficient (Wildman–Crippen LogP) is 3.52. The van der Waals surface area contributed by atoms with Crippen LogP contribution in [-0.2, 0) is 17.8 Å². The van der Waals surface area contributed by atoms with Crippen LogP contribution in [-0.4, -0.2) is 53.5 Å². The lowest BCUT2D eigenvalue weighted by molar-refractivity contribution is -0.135. The molecule has 1 aromatic heterocycles. The first-order valence-electron chi connectivity index (χ1n) is 10.3. The number of carbonyl (C=O) groups is 1. The molecule has 2 heterocycles. The fourth-order valence-corrected chi connectivity index (χ4v) is 3.86. The molecule has 0 atom stereocenters. The van der Waals surface area contributed by atoms with Gasteiger partial charge in [-0.1, -0.05) is 49.4 Å². The van der Waals surface area contributed by atoms with Crippen LogP contribution in [0, 0.1) is 0 Å². The summed E-state index contributed by atoms with van der Waals surface area (Å²) in [6.07, 6.45) is 2.74. The van der Waals surface area contributed by atoms with E-state index in [2.05, 4.69) is 41.1 Å². The maximum absolute atomic E-state index is 12.6. The van der Waals surface area contributed by atoms with Crippen molar-refractivity contribution in [1.29, 1.82) is 0 Å². The zero-order chi connectivity index (χ0) is 20.1. The van der Waals surface area contributed by atoms with Crippen LogP contribution in [0.3, 0.4) is 0 Å². The van der Waals surface area contributed by atoms with E-state index in [-0.39, 0.29) is 12.5 Å². The van der Waals surface area contributed by atoms with Gasteiger partial charge >= 0.3 is 0 Å². The molecule has 2 aromatic carbocycles. The minimum atomic E-state index is 0.0578. The quantitative estimate of drug-likeness (QED) is 0.647. The highest BCUT2D eigenvalue weighted by atomic mass is 16.5. The molecule has 4 rings (SSSR count). The molecule has 1 fully saturated rings. The number of pyridine rings is 1. The van der Waals surface area contributed by atoms with Gasteiger partial charge in [-0.05, 0) is 29.7 Å². The number of para-hydroxylation sites is 2. The fraction of sp³-hybridized carbons (Fsp3) is 0.333.